The van der Waals surface area contributed by atoms with E-state index in [4.69, 9.17) is 36.5 Å². The Kier molecular flexibility index (Phi) is 12.5. The Morgan fingerprint density at radius 2 is 1.71 bits per heavy atom. The fraction of sp³-hybridized carbons (Fsp3) is 0.333. The zero-order valence-electron chi connectivity index (χ0n) is 13.9. The largest absolute Gasteiger partial charge is 0.397 e. The smallest absolute Gasteiger partial charge is 0.395 e. The summed E-state index contributed by atoms with van der Waals surface area (Å²) < 4.78 is 10.1. The first-order valence-corrected chi connectivity index (χ1v) is 13.3. The molecule has 3 amide bonds. The van der Waals surface area contributed by atoms with Gasteiger partial charge in [0.2, 0.25) is 0 Å². The molecule has 0 spiro atoms. The van der Waals surface area contributed by atoms with Gasteiger partial charge in [0, 0.05) is 14.2 Å². The highest BCUT2D eigenvalue weighted by atomic mass is 35.7. The Morgan fingerprint density at radius 1 is 1.25 bits per heavy atom. The molecular weight excluding hydrogens is 391 g/mol. The van der Waals surface area contributed by atoms with Crippen molar-refractivity contribution in [2.45, 2.75) is 13.1 Å². The van der Waals surface area contributed by atoms with E-state index in [1.807, 2.05) is 11.9 Å². The number of carbonyl (C=O) groups is 2. The van der Waals surface area contributed by atoms with Crippen molar-refractivity contribution in [1.29, 1.82) is 0 Å². The summed E-state index contributed by atoms with van der Waals surface area (Å²) in [5.41, 5.74) is 11.1. The van der Waals surface area contributed by atoms with Crippen molar-refractivity contribution in [2.75, 3.05) is 14.2 Å². The molecule has 0 atom stereocenters. The van der Waals surface area contributed by atoms with Gasteiger partial charge < -0.3 is 14.4 Å². The second-order valence-corrected chi connectivity index (χ2v) is 15.2. The highest BCUT2D eigenvalue weighted by molar-refractivity contribution is 7.47. The number of urea groups is 1. The molecule has 0 saturated heterocycles. The first-order chi connectivity index (χ1) is 11.0. The molecule has 1 N–H and O–H groups in total. The number of nitrogens with zero attached hydrogens (tertiary/aromatic N) is 3. The van der Waals surface area contributed by atoms with Gasteiger partial charge in [0.1, 0.15) is 6.21 Å². The predicted molar refractivity (Wildman–Crippen MR) is 100 cm³/mol. The van der Waals surface area contributed by atoms with Crippen molar-refractivity contribution in [2.24, 2.45) is 4.99 Å². The lowest BCUT2D eigenvalue weighted by molar-refractivity contribution is -0.117. The van der Waals surface area contributed by atoms with Crippen LogP contribution in [0.25, 0.3) is 5.53 Å². The van der Waals surface area contributed by atoms with Crippen molar-refractivity contribution < 1.29 is 23.2 Å². The van der Waals surface area contributed by atoms with Gasteiger partial charge in [-0.05, 0) is 18.8 Å². The van der Waals surface area contributed by atoms with Crippen LogP contribution in [0.5, 0.6) is 0 Å². The monoisotopic (exact) mass is 410 g/mol. The third-order valence-electron chi connectivity index (χ3n) is 2.40. The molecule has 0 aliphatic carbocycles. The Balaban J connectivity index is 0. The van der Waals surface area contributed by atoms with E-state index in [0.29, 0.717) is 0 Å². The molecule has 1 aliphatic heterocycles. The van der Waals surface area contributed by atoms with Gasteiger partial charge in [-0.25, -0.2) is 4.79 Å². The Morgan fingerprint density at radius 3 is 1.92 bits per heavy atom. The molecule has 0 fully saturated rings. The summed E-state index contributed by atoms with van der Waals surface area (Å²) in [5.74, 6) is -0.748. The minimum Gasteiger partial charge on any atom is -0.395 e. The number of carbonyl (C=O) groups excluding carboxylic acids is 2. The van der Waals surface area contributed by atoms with Crippen molar-refractivity contribution in [1.82, 2.24) is 5.32 Å². The van der Waals surface area contributed by atoms with Crippen molar-refractivity contribution in [3.05, 3.63) is 30.1 Å². The lowest BCUT2D eigenvalue weighted by Crippen LogP contribution is -2.39. The van der Waals surface area contributed by atoms with Gasteiger partial charge >= 0.3 is 26.2 Å². The number of nitrogens with one attached hydrogen (secondary N) is 1. The van der Waals surface area contributed by atoms with E-state index in [1.54, 1.807) is 32.2 Å². The molecule has 0 saturated carbocycles. The fourth-order valence-corrected chi connectivity index (χ4v) is 1.19. The summed E-state index contributed by atoms with van der Waals surface area (Å²) in [6.07, 6.45) is 0.890. The van der Waals surface area contributed by atoms with Crippen LogP contribution in [0, 0.1) is 0 Å². The number of aliphatic imine (C=N–C) groups is 1. The number of imide groups is 1. The van der Waals surface area contributed by atoms with Crippen LogP contribution in [0.3, 0.4) is 0 Å². The summed E-state index contributed by atoms with van der Waals surface area (Å²) in [4.78, 5) is 26.5. The Hall–Kier alpha value is -1.40. The van der Waals surface area contributed by atoms with E-state index in [0.717, 1.165) is 6.21 Å². The van der Waals surface area contributed by atoms with Gasteiger partial charge in [0.05, 0.1) is 0 Å². The molecular formula is C12H20Cl2N4O4Si2. The molecule has 0 aromatic heterocycles. The van der Waals surface area contributed by atoms with E-state index in [1.165, 1.54) is 0 Å². The van der Waals surface area contributed by atoms with Gasteiger partial charge in [0.15, 0.2) is 0 Å². The minimum atomic E-state index is -1.92. The SMILES string of the molecule is C=C[Si](C)(Cl)Cl.C=C[Si](C)(OC)OC.[N-]=[N+]=C1C=NC(=O)NC1=O. The molecule has 0 aromatic carbocycles. The lowest BCUT2D eigenvalue weighted by Gasteiger charge is -2.16. The maximum Gasteiger partial charge on any atom is 0.397 e. The zero-order chi connectivity index (χ0) is 19.4. The van der Waals surface area contributed by atoms with E-state index in [2.05, 4.69) is 22.9 Å². The van der Waals surface area contributed by atoms with Crippen LogP contribution in [-0.2, 0) is 13.6 Å². The average molecular weight is 411 g/mol. The van der Waals surface area contributed by atoms with E-state index < -0.39 is 27.2 Å². The highest BCUT2D eigenvalue weighted by Gasteiger charge is 2.24. The molecule has 0 unspecified atom stereocenters. The molecule has 0 aromatic rings. The highest BCUT2D eigenvalue weighted by Crippen LogP contribution is 2.13. The van der Waals surface area contributed by atoms with Crippen LogP contribution in [0.4, 0.5) is 4.79 Å². The summed E-state index contributed by atoms with van der Waals surface area (Å²) in [5, 5.41) is 1.81. The molecule has 1 aliphatic rings. The zero-order valence-corrected chi connectivity index (χ0v) is 17.4. The van der Waals surface area contributed by atoms with Crippen LogP contribution < -0.4 is 5.32 Å². The molecule has 0 radical (unpaired) electrons. The summed E-state index contributed by atoms with van der Waals surface area (Å²) >= 11 is 11.0. The fourth-order valence-electron chi connectivity index (χ4n) is 0.693. The molecule has 8 nitrogen and oxygen atoms in total. The Bertz CT molecular complexity index is 554. The van der Waals surface area contributed by atoms with Gasteiger partial charge in [0.25, 0.3) is 6.69 Å². The summed E-state index contributed by atoms with van der Waals surface area (Å²) in [6.45, 7) is 8.82. The van der Waals surface area contributed by atoms with E-state index >= 15 is 0 Å². The van der Waals surface area contributed by atoms with Crippen LogP contribution in [0.2, 0.25) is 13.1 Å². The average Bonchev–Trinajstić information content (AvgIpc) is 2.55. The Labute approximate surface area is 152 Å². The van der Waals surface area contributed by atoms with Crippen LogP contribution in [0.1, 0.15) is 0 Å². The van der Waals surface area contributed by atoms with Crippen molar-refractivity contribution in [3.8, 4) is 0 Å². The first kappa shape index (κ1) is 24.9. The third-order valence-corrected chi connectivity index (χ3v) is 6.41. The van der Waals surface area contributed by atoms with Crippen LogP contribution >= 0.6 is 22.2 Å². The van der Waals surface area contributed by atoms with Gasteiger partial charge in [-0.15, -0.1) is 35.3 Å². The van der Waals surface area contributed by atoms with Gasteiger partial charge in [-0.1, -0.05) is 5.70 Å². The second kappa shape index (κ2) is 12.0. The number of rotatable bonds is 4. The molecule has 134 valence electrons. The lowest BCUT2D eigenvalue weighted by atomic mass is 10.3. The molecule has 12 heteroatoms. The number of amides is 3. The number of hydrogen-bond acceptors (Lipinski definition) is 4. The van der Waals surface area contributed by atoms with Crippen molar-refractivity contribution >= 4 is 61.3 Å². The predicted octanol–water partition coefficient (Wildman–Crippen LogP) is 2.32. The van der Waals surface area contributed by atoms with Crippen LogP contribution in [0.15, 0.2) is 29.5 Å². The van der Waals surface area contributed by atoms with E-state index in [9.17, 15) is 9.59 Å². The molecule has 1 heterocycles. The third kappa shape index (κ3) is 12.1. The maximum atomic E-state index is 10.5. The number of hydrogen-bond donors (Lipinski definition) is 1. The van der Waals surface area contributed by atoms with Gasteiger partial charge in [-0.2, -0.15) is 9.78 Å². The normalized spacial score (nSPS) is 13.5. The number of halogens is 2. The first-order valence-electron chi connectivity index (χ1n) is 6.35. The topological polar surface area (TPSA) is 113 Å². The molecule has 0 bridgehead atoms. The van der Waals surface area contributed by atoms with Crippen molar-refractivity contribution in [3.63, 3.8) is 0 Å². The molecule has 1 rings (SSSR count). The van der Waals surface area contributed by atoms with Crippen LogP contribution in [-0.4, -0.2) is 58.1 Å². The molecule has 24 heavy (non-hydrogen) atoms. The minimum absolute atomic E-state index is 0.278. The quantitative estimate of drug-likeness (QED) is 0.331. The summed E-state index contributed by atoms with van der Waals surface area (Å²) in [6, 6.07) is -0.752. The standard InChI is InChI=1S/C5H12O2Si.C4H2N4O2.C3H6Cl2Si/c1-5-8(4,6-2)7-3;5-8-2-1-6-4(10)7-3(2)9;1-3-6(2,4)5/h5H,1H2,2-4H3;1H,(H,7,9,10);3H,1H2,2H3. The second-order valence-electron chi connectivity index (χ2n) is 4.29. The maximum absolute atomic E-state index is 10.5. The van der Waals surface area contributed by atoms with E-state index in [-0.39, 0.29) is 5.71 Å². The van der Waals surface area contributed by atoms with Gasteiger partial charge in [-0.3, -0.25) is 10.1 Å². The summed E-state index contributed by atoms with van der Waals surface area (Å²) in [7, 11) is 1.37.